The number of carbonyl (C=O) groups is 1. The molecule has 0 amide bonds. The number of aromatic nitrogens is 2. The normalized spacial score (nSPS) is 14.0. The predicted octanol–water partition coefficient (Wildman–Crippen LogP) is 0.488. The van der Waals surface area contributed by atoms with Crippen molar-refractivity contribution in [1.82, 2.24) is 15.3 Å². The summed E-state index contributed by atoms with van der Waals surface area (Å²) in [4.78, 5) is 20.7. The lowest BCUT2D eigenvalue weighted by Gasteiger charge is -2.19. The van der Waals surface area contributed by atoms with Crippen LogP contribution in [0, 0.1) is 0 Å². The van der Waals surface area contributed by atoms with E-state index in [-0.39, 0.29) is 0 Å². The van der Waals surface area contributed by atoms with Crippen LogP contribution in [0.2, 0.25) is 0 Å². The van der Waals surface area contributed by atoms with Crippen LogP contribution in [0.4, 0.5) is 0 Å². The van der Waals surface area contributed by atoms with Crippen LogP contribution in [0.3, 0.4) is 0 Å². The van der Waals surface area contributed by atoms with Crippen LogP contribution in [-0.4, -0.2) is 43.3 Å². The van der Waals surface area contributed by atoms with Crippen molar-refractivity contribution in [3.8, 4) is 0 Å². The van der Waals surface area contributed by atoms with Crippen molar-refractivity contribution in [3.63, 3.8) is 0 Å². The van der Waals surface area contributed by atoms with Gasteiger partial charge in [0.25, 0.3) is 0 Å². The third kappa shape index (κ3) is 3.27. The highest BCUT2D eigenvalue weighted by molar-refractivity contribution is 5.89. The summed E-state index contributed by atoms with van der Waals surface area (Å²) in [5.74, 6) is 0.299. The van der Waals surface area contributed by atoms with Gasteiger partial charge in [-0.2, -0.15) is 0 Å². The van der Waals surface area contributed by atoms with Crippen LogP contribution in [0.15, 0.2) is 0 Å². The molecule has 0 spiro atoms. The van der Waals surface area contributed by atoms with Gasteiger partial charge in [-0.1, -0.05) is 0 Å². The van der Waals surface area contributed by atoms with E-state index in [1.807, 2.05) is 0 Å². The number of hydrogen-bond acceptors (Lipinski definition) is 6. The lowest BCUT2D eigenvalue weighted by Crippen LogP contribution is -2.28. The molecule has 6 heteroatoms. The molecule has 0 atom stereocenters. The van der Waals surface area contributed by atoms with Gasteiger partial charge in [0.2, 0.25) is 0 Å². The highest BCUT2D eigenvalue weighted by Gasteiger charge is 2.22. The average molecular weight is 265 g/mol. The summed E-state index contributed by atoms with van der Waals surface area (Å²) < 4.78 is 9.82. The average Bonchev–Trinajstić information content (AvgIpc) is 2.46. The van der Waals surface area contributed by atoms with E-state index in [1.165, 1.54) is 7.11 Å². The Morgan fingerprint density at radius 1 is 1.37 bits per heavy atom. The lowest BCUT2D eigenvalue weighted by atomic mass is 10.0. The maximum Gasteiger partial charge on any atom is 0.357 e. The molecular weight excluding hydrogens is 246 g/mol. The molecule has 6 nitrogen and oxygen atoms in total. The van der Waals surface area contributed by atoms with Crippen LogP contribution in [0.25, 0.3) is 0 Å². The third-order valence-corrected chi connectivity index (χ3v) is 3.11. The molecule has 0 aromatic carbocycles. The Morgan fingerprint density at radius 2 is 2.21 bits per heavy atom. The minimum Gasteiger partial charge on any atom is -0.464 e. The Kier molecular flexibility index (Phi) is 4.81. The molecule has 1 aromatic rings. The summed E-state index contributed by atoms with van der Waals surface area (Å²) in [5.41, 5.74) is 2.22. The molecule has 1 aliphatic rings. The summed E-state index contributed by atoms with van der Waals surface area (Å²) in [6, 6.07) is 0. The molecule has 0 bridgehead atoms. The number of esters is 1. The van der Waals surface area contributed by atoms with Crippen molar-refractivity contribution in [1.29, 1.82) is 0 Å². The minimum atomic E-state index is -0.393. The minimum absolute atomic E-state index is 0.393. The van der Waals surface area contributed by atoms with Crippen molar-refractivity contribution in [3.05, 3.63) is 22.8 Å². The third-order valence-electron chi connectivity index (χ3n) is 3.11. The van der Waals surface area contributed by atoms with Gasteiger partial charge in [0.05, 0.1) is 12.8 Å². The van der Waals surface area contributed by atoms with E-state index in [2.05, 4.69) is 15.3 Å². The summed E-state index contributed by atoms with van der Waals surface area (Å²) >= 11 is 0. The van der Waals surface area contributed by atoms with Crippen molar-refractivity contribution in [2.24, 2.45) is 0 Å². The number of nitrogens with one attached hydrogen (secondary N) is 1. The Labute approximate surface area is 112 Å². The number of ether oxygens (including phenoxy) is 2. The molecule has 104 valence electrons. The number of aryl methyl sites for hydroxylation is 1. The number of hydrogen-bond donors (Lipinski definition) is 1. The van der Waals surface area contributed by atoms with Gasteiger partial charge in [-0.05, 0) is 6.42 Å². The molecule has 0 radical (unpaired) electrons. The first-order valence-corrected chi connectivity index (χ1v) is 6.43. The van der Waals surface area contributed by atoms with Crippen LogP contribution in [0.1, 0.15) is 34.0 Å². The van der Waals surface area contributed by atoms with Crippen LogP contribution in [0.5, 0.6) is 0 Å². The van der Waals surface area contributed by atoms with Gasteiger partial charge in [0.15, 0.2) is 5.69 Å². The second kappa shape index (κ2) is 6.58. The first kappa shape index (κ1) is 13.9. The first-order valence-electron chi connectivity index (χ1n) is 6.43. The van der Waals surface area contributed by atoms with E-state index in [4.69, 9.17) is 9.47 Å². The second-order valence-electron chi connectivity index (χ2n) is 4.43. The Balaban J connectivity index is 2.28. The quantitative estimate of drug-likeness (QED) is 0.617. The Hall–Kier alpha value is -1.53. The Morgan fingerprint density at radius 3 is 2.95 bits per heavy atom. The van der Waals surface area contributed by atoms with E-state index >= 15 is 0 Å². The van der Waals surface area contributed by atoms with Gasteiger partial charge in [-0.25, -0.2) is 14.8 Å². The van der Waals surface area contributed by atoms with Gasteiger partial charge in [0.1, 0.15) is 5.82 Å². The molecule has 0 saturated heterocycles. The standard InChI is InChI=1S/C13H19N3O3/c1-18-7-3-4-11-15-10-5-6-14-8-9(10)12(16-11)13(17)19-2/h14H,3-8H2,1-2H3. The summed E-state index contributed by atoms with van der Waals surface area (Å²) in [5, 5.41) is 3.22. The zero-order valence-electron chi connectivity index (χ0n) is 11.4. The number of carbonyl (C=O) groups excluding carboxylic acids is 1. The van der Waals surface area contributed by atoms with Gasteiger partial charge < -0.3 is 14.8 Å². The summed E-state index contributed by atoms with van der Waals surface area (Å²) in [6.07, 6.45) is 2.37. The zero-order valence-corrected chi connectivity index (χ0v) is 11.4. The topological polar surface area (TPSA) is 73.3 Å². The second-order valence-corrected chi connectivity index (χ2v) is 4.43. The fraction of sp³-hybridized carbons (Fsp3) is 0.615. The fourth-order valence-electron chi connectivity index (χ4n) is 2.15. The van der Waals surface area contributed by atoms with Gasteiger partial charge in [0, 0.05) is 45.2 Å². The SMILES string of the molecule is COCCCc1nc2c(c(C(=O)OC)n1)CNCC2. The van der Waals surface area contributed by atoms with Crippen molar-refractivity contribution < 1.29 is 14.3 Å². The molecule has 1 N–H and O–H groups in total. The van der Waals surface area contributed by atoms with Crippen LogP contribution >= 0.6 is 0 Å². The molecular formula is C13H19N3O3. The van der Waals surface area contributed by atoms with Gasteiger partial charge in [-0.3, -0.25) is 0 Å². The van der Waals surface area contributed by atoms with Gasteiger partial charge in [-0.15, -0.1) is 0 Å². The summed E-state index contributed by atoms with van der Waals surface area (Å²) in [6.45, 7) is 2.16. The maximum atomic E-state index is 11.8. The molecule has 0 fully saturated rings. The molecule has 2 heterocycles. The highest BCUT2D eigenvalue weighted by atomic mass is 16.5. The molecule has 2 rings (SSSR count). The van der Waals surface area contributed by atoms with Crippen LogP contribution in [-0.2, 0) is 28.9 Å². The first-order chi connectivity index (χ1) is 9.26. The summed E-state index contributed by atoms with van der Waals surface area (Å²) in [7, 11) is 3.04. The number of rotatable bonds is 5. The maximum absolute atomic E-state index is 11.8. The van der Waals surface area contributed by atoms with Crippen molar-refractivity contribution in [2.75, 3.05) is 27.4 Å². The number of fused-ring (bicyclic) bond motifs is 1. The monoisotopic (exact) mass is 265 g/mol. The number of nitrogens with zero attached hydrogens (tertiary/aromatic N) is 2. The van der Waals surface area contributed by atoms with E-state index in [9.17, 15) is 4.79 Å². The lowest BCUT2D eigenvalue weighted by molar-refractivity contribution is 0.0591. The Bertz CT molecular complexity index is 463. The largest absolute Gasteiger partial charge is 0.464 e. The molecule has 19 heavy (non-hydrogen) atoms. The van der Waals surface area contributed by atoms with E-state index in [1.54, 1.807) is 7.11 Å². The highest BCUT2D eigenvalue weighted by Crippen LogP contribution is 2.17. The fourth-order valence-corrected chi connectivity index (χ4v) is 2.15. The van der Waals surface area contributed by atoms with E-state index in [0.717, 1.165) is 30.6 Å². The molecule has 0 aliphatic carbocycles. The molecule has 1 aromatic heterocycles. The predicted molar refractivity (Wildman–Crippen MR) is 69.0 cm³/mol. The van der Waals surface area contributed by atoms with Crippen LogP contribution < -0.4 is 5.32 Å². The van der Waals surface area contributed by atoms with E-state index < -0.39 is 5.97 Å². The van der Waals surface area contributed by atoms with E-state index in [0.29, 0.717) is 31.1 Å². The smallest absolute Gasteiger partial charge is 0.357 e. The van der Waals surface area contributed by atoms with Crippen molar-refractivity contribution >= 4 is 5.97 Å². The molecule has 0 saturated carbocycles. The molecule has 0 unspecified atom stereocenters. The zero-order chi connectivity index (χ0) is 13.7. The van der Waals surface area contributed by atoms with Gasteiger partial charge >= 0.3 is 5.97 Å². The number of methoxy groups -OCH3 is 2. The van der Waals surface area contributed by atoms with Crippen molar-refractivity contribution in [2.45, 2.75) is 25.8 Å². The molecule has 1 aliphatic heterocycles.